The van der Waals surface area contributed by atoms with Crippen molar-refractivity contribution in [2.45, 2.75) is 0 Å². The quantitative estimate of drug-likeness (QED) is 0.611. The first-order chi connectivity index (χ1) is 4.86. The second-order valence-corrected chi connectivity index (χ2v) is 2.69. The molecule has 0 atom stereocenters. The van der Waals surface area contributed by atoms with Gasteiger partial charge in [-0.25, -0.2) is 9.97 Å². The summed E-state index contributed by atoms with van der Waals surface area (Å²) in [6.45, 7) is 0. The van der Waals surface area contributed by atoms with E-state index in [9.17, 15) is 0 Å². The van der Waals surface area contributed by atoms with E-state index in [0.717, 1.165) is 10.3 Å². The molecule has 1 radical (unpaired) electrons. The number of anilines is 1. The Kier molecular flexibility index (Phi) is 1.07. The summed E-state index contributed by atoms with van der Waals surface area (Å²) in [7, 11) is 0. The Labute approximate surface area is 61.5 Å². The van der Waals surface area contributed by atoms with E-state index in [0.29, 0.717) is 5.82 Å². The maximum atomic E-state index is 5.39. The molecule has 0 aliphatic rings. The third-order valence-corrected chi connectivity index (χ3v) is 1.88. The molecule has 0 spiro atoms. The molecule has 2 aromatic heterocycles. The summed E-state index contributed by atoms with van der Waals surface area (Å²) in [6.07, 6.45) is 1.55. The first kappa shape index (κ1) is 5.61. The van der Waals surface area contributed by atoms with Crippen LogP contribution in [0.2, 0.25) is 0 Å². The highest BCUT2D eigenvalue weighted by atomic mass is 32.1. The maximum absolute atomic E-state index is 5.39. The van der Waals surface area contributed by atoms with Crippen molar-refractivity contribution in [1.29, 1.82) is 0 Å². The minimum absolute atomic E-state index is 0.446. The Morgan fingerprint density at radius 2 is 2.50 bits per heavy atom. The van der Waals surface area contributed by atoms with Gasteiger partial charge in [-0.05, 0) is 0 Å². The highest BCUT2D eigenvalue weighted by molar-refractivity contribution is 7.16. The molecule has 0 bridgehead atoms. The first-order valence-electron chi connectivity index (χ1n) is 2.73. The van der Waals surface area contributed by atoms with E-state index >= 15 is 0 Å². The van der Waals surface area contributed by atoms with E-state index in [1.807, 2.05) is 5.38 Å². The second-order valence-electron chi connectivity index (χ2n) is 1.83. The van der Waals surface area contributed by atoms with Crippen LogP contribution in [0.1, 0.15) is 0 Å². The van der Waals surface area contributed by atoms with Crippen LogP contribution < -0.4 is 5.73 Å². The van der Waals surface area contributed by atoms with Gasteiger partial charge in [0.05, 0.1) is 6.20 Å². The zero-order valence-corrected chi connectivity index (χ0v) is 5.85. The Morgan fingerprint density at radius 1 is 1.60 bits per heavy atom. The third kappa shape index (κ3) is 0.733. The molecule has 0 aliphatic heterocycles. The Balaban J connectivity index is 2.86. The molecule has 2 aromatic rings. The largest absolute Gasteiger partial charge is 0.382 e. The summed E-state index contributed by atoms with van der Waals surface area (Å²) in [5.41, 5.74) is 6.15. The summed E-state index contributed by atoms with van der Waals surface area (Å²) in [5, 5.41) is 1.82. The smallest absolute Gasteiger partial charge is 0.142 e. The predicted octanol–water partition coefficient (Wildman–Crippen LogP) is 1.07. The van der Waals surface area contributed by atoms with Crippen LogP contribution in [0.5, 0.6) is 0 Å². The van der Waals surface area contributed by atoms with Crippen molar-refractivity contribution in [1.82, 2.24) is 9.97 Å². The highest BCUT2D eigenvalue weighted by Gasteiger charge is 1.96. The van der Waals surface area contributed by atoms with E-state index < -0.39 is 0 Å². The van der Waals surface area contributed by atoms with Crippen molar-refractivity contribution in [3.63, 3.8) is 0 Å². The lowest BCUT2D eigenvalue weighted by Gasteiger charge is -1.88. The number of fused-ring (bicyclic) bond motifs is 1. The lowest BCUT2D eigenvalue weighted by Crippen LogP contribution is -1.89. The van der Waals surface area contributed by atoms with Crippen molar-refractivity contribution < 1.29 is 0 Å². The third-order valence-electron chi connectivity index (χ3n) is 1.12. The molecule has 0 unspecified atom stereocenters. The lowest BCUT2D eigenvalue weighted by molar-refractivity contribution is 1.32. The Morgan fingerprint density at radius 3 is 3.40 bits per heavy atom. The topological polar surface area (TPSA) is 51.8 Å². The van der Waals surface area contributed by atoms with Gasteiger partial charge in [-0.1, -0.05) is 0 Å². The van der Waals surface area contributed by atoms with Crippen LogP contribution in [-0.4, -0.2) is 9.97 Å². The fourth-order valence-corrected chi connectivity index (χ4v) is 1.32. The highest BCUT2D eigenvalue weighted by Crippen LogP contribution is 2.15. The molecule has 3 nitrogen and oxygen atoms in total. The fourth-order valence-electron chi connectivity index (χ4n) is 0.713. The molecule has 4 heteroatoms. The minimum atomic E-state index is 0.446. The van der Waals surface area contributed by atoms with Crippen LogP contribution >= 0.6 is 11.3 Å². The van der Waals surface area contributed by atoms with Gasteiger partial charge in [-0.2, -0.15) is 0 Å². The molecule has 0 amide bonds. The van der Waals surface area contributed by atoms with E-state index in [1.165, 1.54) is 11.3 Å². The van der Waals surface area contributed by atoms with Crippen LogP contribution in [0, 0.1) is 6.07 Å². The van der Waals surface area contributed by atoms with E-state index in [4.69, 9.17) is 5.73 Å². The summed E-state index contributed by atoms with van der Waals surface area (Å²) < 4.78 is 0. The van der Waals surface area contributed by atoms with Gasteiger partial charge < -0.3 is 5.73 Å². The molecule has 0 fully saturated rings. The van der Waals surface area contributed by atoms with Gasteiger partial charge in [-0.15, -0.1) is 11.3 Å². The number of nitrogens with two attached hydrogens (primary N) is 1. The average Bonchev–Trinajstić information content (AvgIpc) is 2.33. The van der Waals surface area contributed by atoms with Crippen LogP contribution in [0.25, 0.3) is 10.3 Å². The number of thiophene rings is 1. The molecule has 49 valence electrons. The molecule has 0 saturated heterocycles. The molecular weight excluding hydrogens is 146 g/mol. The SMILES string of the molecule is Nc1cnc2sc[c]c2n1. The summed E-state index contributed by atoms with van der Waals surface area (Å²) in [6, 6.07) is 2.93. The van der Waals surface area contributed by atoms with Crippen LogP contribution in [0.15, 0.2) is 11.6 Å². The Hall–Kier alpha value is -1.16. The second kappa shape index (κ2) is 1.91. The number of hydrogen-bond donors (Lipinski definition) is 1. The zero-order chi connectivity index (χ0) is 6.97. The van der Waals surface area contributed by atoms with Gasteiger partial charge >= 0.3 is 0 Å². The summed E-state index contributed by atoms with van der Waals surface area (Å²) in [5.74, 6) is 0.446. The minimum Gasteiger partial charge on any atom is -0.382 e. The monoisotopic (exact) mass is 150 g/mol. The van der Waals surface area contributed by atoms with Crippen molar-refractivity contribution in [3.8, 4) is 0 Å². The summed E-state index contributed by atoms with van der Waals surface area (Å²) in [4.78, 5) is 8.93. The molecule has 0 aliphatic carbocycles. The number of rotatable bonds is 0. The lowest BCUT2D eigenvalue weighted by atomic mass is 10.5. The summed E-state index contributed by atoms with van der Waals surface area (Å²) >= 11 is 1.51. The van der Waals surface area contributed by atoms with Gasteiger partial charge in [-0.3, -0.25) is 0 Å². The number of nitrogens with zero attached hydrogens (tertiary/aromatic N) is 2. The van der Waals surface area contributed by atoms with E-state index in [2.05, 4.69) is 16.0 Å². The molecule has 2 N–H and O–H groups in total. The van der Waals surface area contributed by atoms with Crippen molar-refractivity contribution in [2.24, 2.45) is 0 Å². The standard InChI is InChI=1S/C6H4N3S/c7-5-3-8-6-4(9-5)1-2-10-6/h2-3H,(H2,7,9). The maximum Gasteiger partial charge on any atom is 0.142 e. The number of hydrogen-bond acceptors (Lipinski definition) is 4. The van der Waals surface area contributed by atoms with Crippen molar-refractivity contribution in [2.75, 3.05) is 5.73 Å². The van der Waals surface area contributed by atoms with Crippen molar-refractivity contribution in [3.05, 3.63) is 17.6 Å². The number of aromatic nitrogens is 2. The average molecular weight is 150 g/mol. The molecular formula is C6H4N3S. The van der Waals surface area contributed by atoms with Crippen LogP contribution in [-0.2, 0) is 0 Å². The number of nitrogen functional groups attached to an aromatic ring is 1. The molecule has 0 saturated carbocycles. The molecule has 2 rings (SSSR count). The Bertz CT molecular complexity index is 355. The molecule has 0 aromatic carbocycles. The van der Waals surface area contributed by atoms with E-state index in [1.54, 1.807) is 6.20 Å². The zero-order valence-electron chi connectivity index (χ0n) is 5.03. The normalized spacial score (nSPS) is 10.4. The van der Waals surface area contributed by atoms with Gasteiger partial charge in [0.15, 0.2) is 0 Å². The van der Waals surface area contributed by atoms with Gasteiger partial charge in [0, 0.05) is 11.4 Å². The van der Waals surface area contributed by atoms with Gasteiger partial charge in [0.1, 0.15) is 16.2 Å². The molecule has 2 heterocycles. The molecule has 10 heavy (non-hydrogen) atoms. The van der Waals surface area contributed by atoms with Gasteiger partial charge in [0.2, 0.25) is 0 Å². The van der Waals surface area contributed by atoms with Gasteiger partial charge in [0.25, 0.3) is 0 Å². The fraction of sp³-hybridized carbons (Fsp3) is 0. The predicted molar refractivity (Wildman–Crippen MR) is 40.7 cm³/mol. The van der Waals surface area contributed by atoms with Crippen LogP contribution in [0.3, 0.4) is 0 Å². The van der Waals surface area contributed by atoms with E-state index in [-0.39, 0.29) is 0 Å². The van der Waals surface area contributed by atoms with Crippen LogP contribution in [0.4, 0.5) is 5.82 Å². The first-order valence-corrected chi connectivity index (χ1v) is 3.61. The van der Waals surface area contributed by atoms with Crippen molar-refractivity contribution >= 4 is 27.5 Å².